The SMILES string of the molecule is O=C(Nc1cc(-c2ccccc2)[nH]n1)c1cccs1. The predicted molar refractivity (Wildman–Crippen MR) is 76.3 cm³/mol. The van der Waals surface area contributed by atoms with Crippen molar-refractivity contribution < 1.29 is 4.79 Å². The molecule has 0 unspecified atom stereocenters. The van der Waals surface area contributed by atoms with Crippen molar-refractivity contribution in [2.45, 2.75) is 0 Å². The fourth-order valence-corrected chi connectivity index (χ4v) is 2.36. The molecule has 94 valence electrons. The van der Waals surface area contributed by atoms with E-state index in [1.54, 1.807) is 6.07 Å². The standard InChI is InChI=1S/C14H11N3OS/c18-14(12-7-4-8-19-12)15-13-9-11(16-17-13)10-5-2-1-3-6-10/h1-9H,(H2,15,16,17,18). The molecule has 0 saturated heterocycles. The number of aromatic nitrogens is 2. The number of benzene rings is 1. The number of carbonyl (C=O) groups excluding carboxylic acids is 1. The number of aromatic amines is 1. The van der Waals surface area contributed by atoms with Crippen LogP contribution in [-0.2, 0) is 0 Å². The van der Waals surface area contributed by atoms with E-state index in [-0.39, 0.29) is 5.91 Å². The molecule has 0 aliphatic carbocycles. The lowest BCUT2D eigenvalue weighted by molar-refractivity contribution is 0.103. The predicted octanol–water partition coefficient (Wildman–Crippen LogP) is 3.39. The Balaban J connectivity index is 1.77. The Morgan fingerprint density at radius 1 is 1.16 bits per heavy atom. The minimum atomic E-state index is -0.138. The molecular formula is C14H11N3OS. The van der Waals surface area contributed by atoms with Gasteiger partial charge in [0.05, 0.1) is 10.6 Å². The molecule has 4 nitrogen and oxygen atoms in total. The minimum absolute atomic E-state index is 0.138. The van der Waals surface area contributed by atoms with Gasteiger partial charge in [-0.05, 0) is 17.0 Å². The van der Waals surface area contributed by atoms with E-state index in [0.717, 1.165) is 11.3 Å². The summed E-state index contributed by atoms with van der Waals surface area (Å²) in [4.78, 5) is 12.5. The number of thiophene rings is 1. The van der Waals surface area contributed by atoms with E-state index in [2.05, 4.69) is 15.5 Å². The molecule has 1 amide bonds. The molecule has 0 spiro atoms. The number of nitrogens with one attached hydrogen (secondary N) is 2. The average Bonchev–Trinajstić information content (AvgIpc) is 3.11. The van der Waals surface area contributed by atoms with Crippen molar-refractivity contribution in [3.8, 4) is 11.3 Å². The van der Waals surface area contributed by atoms with Crippen molar-refractivity contribution in [3.05, 3.63) is 58.8 Å². The third kappa shape index (κ3) is 2.56. The Hall–Kier alpha value is -2.40. The van der Waals surface area contributed by atoms with Crippen LogP contribution in [0.2, 0.25) is 0 Å². The minimum Gasteiger partial charge on any atom is -0.304 e. The first-order chi connectivity index (χ1) is 9.33. The fourth-order valence-electron chi connectivity index (χ4n) is 1.74. The van der Waals surface area contributed by atoms with Crippen LogP contribution in [0.3, 0.4) is 0 Å². The first-order valence-corrected chi connectivity index (χ1v) is 6.66. The Kier molecular flexibility index (Phi) is 3.12. The van der Waals surface area contributed by atoms with Gasteiger partial charge in [0.1, 0.15) is 0 Å². The van der Waals surface area contributed by atoms with Gasteiger partial charge in [0.2, 0.25) is 0 Å². The smallest absolute Gasteiger partial charge is 0.266 e. The van der Waals surface area contributed by atoms with Gasteiger partial charge in [-0.15, -0.1) is 11.3 Å². The van der Waals surface area contributed by atoms with Gasteiger partial charge in [-0.2, -0.15) is 5.10 Å². The summed E-state index contributed by atoms with van der Waals surface area (Å²) in [7, 11) is 0. The summed E-state index contributed by atoms with van der Waals surface area (Å²) in [5, 5.41) is 11.6. The second kappa shape index (κ2) is 5.07. The highest BCUT2D eigenvalue weighted by atomic mass is 32.1. The highest BCUT2D eigenvalue weighted by Crippen LogP contribution is 2.19. The van der Waals surface area contributed by atoms with Crippen LogP contribution in [0.5, 0.6) is 0 Å². The number of hydrogen-bond acceptors (Lipinski definition) is 3. The molecule has 0 atom stereocenters. The summed E-state index contributed by atoms with van der Waals surface area (Å²) >= 11 is 1.40. The third-order valence-electron chi connectivity index (χ3n) is 2.65. The second-order valence-corrected chi connectivity index (χ2v) is 4.91. The van der Waals surface area contributed by atoms with Crippen LogP contribution in [0.1, 0.15) is 9.67 Å². The van der Waals surface area contributed by atoms with Crippen LogP contribution in [0.15, 0.2) is 53.9 Å². The maximum absolute atomic E-state index is 11.9. The van der Waals surface area contributed by atoms with Gasteiger partial charge in [0.25, 0.3) is 5.91 Å². The van der Waals surface area contributed by atoms with E-state index in [0.29, 0.717) is 10.7 Å². The van der Waals surface area contributed by atoms with Crippen molar-refractivity contribution >= 4 is 23.1 Å². The van der Waals surface area contributed by atoms with Crippen LogP contribution < -0.4 is 5.32 Å². The summed E-state index contributed by atoms with van der Waals surface area (Å²) in [5.74, 6) is 0.387. The summed E-state index contributed by atoms with van der Waals surface area (Å²) < 4.78 is 0. The van der Waals surface area contributed by atoms with Gasteiger partial charge in [-0.3, -0.25) is 9.89 Å². The molecule has 0 aliphatic rings. The molecule has 0 radical (unpaired) electrons. The quantitative estimate of drug-likeness (QED) is 0.765. The fraction of sp³-hybridized carbons (Fsp3) is 0. The number of amides is 1. The lowest BCUT2D eigenvalue weighted by atomic mass is 10.2. The normalized spacial score (nSPS) is 10.3. The van der Waals surface area contributed by atoms with Gasteiger partial charge < -0.3 is 5.32 Å². The number of H-pyrrole nitrogens is 1. The highest BCUT2D eigenvalue weighted by molar-refractivity contribution is 7.12. The second-order valence-electron chi connectivity index (χ2n) is 3.96. The average molecular weight is 269 g/mol. The summed E-state index contributed by atoms with van der Waals surface area (Å²) in [5.41, 5.74) is 1.91. The Morgan fingerprint density at radius 3 is 2.74 bits per heavy atom. The zero-order chi connectivity index (χ0) is 13.1. The van der Waals surface area contributed by atoms with Gasteiger partial charge in [0, 0.05) is 6.07 Å². The van der Waals surface area contributed by atoms with Crippen LogP contribution in [0, 0.1) is 0 Å². The third-order valence-corrected chi connectivity index (χ3v) is 3.52. The molecule has 19 heavy (non-hydrogen) atoms. The van der Waals surface area contributed by atoms with Crippen LogP contribution in [0.25, 0.3) is 11.3 Å². The van der Waals surface area contributed by atoms with E-state index in [9.17, 15) is 4.79 Å². The Labute approximate surface area is 114 Å². The molecule has 2 heterocycles. The van der Waals surface area contributed by atoms with E-state index in [1.165, 1.54) is 11.3 Å². The topological polar surface area (TPSA) is 57.8 Å². The van der Waals surface area contributed by atoms with Gasteiger partial charge in [0.15, 0.2) is 5.82 Å². The lowest BCUT2D eigenvalue weighted by Gasteiger charge is -1.97. The van der Waals surface area contributed by atoms with Crippen molar-refractivity contribution in [2.24, 2.45) is 0 Å². The van der Waals surface area contributed by atoms with Crippen LogP contribution in [-0.4, -0.2) is 16.1 Å². The molecule has 2 aromatic heterocycles. The summed E-state index contributed by atoms with van der Waals surface area (Å²) in [6, 6.07) is 15.3. The Morgan fingerprint density at radius 2 is 2.00 bits per heavy atom. The summed E-state index contributed by atoms with van der Waals surface area (Å²) in [6.07, 6.45) is 0. The lowest BCUT2D eigenvalue weighted by Crippen LogP contribution is -2.10. The Bertz CT molecular complexity index is 674. The van der Waals surface area contributed by atoms with Crippen LogP contribution in [0.4, 0.5) is 5.82 Å². The summed E-state index contributed by atoms with van der Waals surface area (Å²) in [6.45, 7) is 0. The number of hydrogen-bond donors (Lipinski definition) is 2. The molecule has 5 heteroatoms. The maximum atomic E-state index is 11.9. The molecule has 0 aliphatic heterocycles. The number of nitrogens with zero attached hydrogens (tertiary/aromatic N) is 1. The first-order valence-electron chi connectivity index (χ1n) is 5.78. The van der Waals surface area contributed by atoms with Gasteiger partial charge in [-0.1, -0.05) is 36.4 Å². The monoisotopic (exact) mass is 269 g/mol. The molecule has 0 fully saturated rings. The highest BCUT2D eigenvalue weighted by Gasteiger charge is 2.09. The van der Waals surface area contributed by atoms with E-state index in [4.69, 9.17) is 0 Å². The number of anilines is 1. The van der Waals surface area contributed by atoms with Crippen molar-refractivity contribution in [1.82, 2.24) is 10.2 Å². The largest absolute Gasteiger partial charge is 0.304 e. The zero-order valence-electron chi connectivity index (χ0n) is 9.96. The molecule has 0 bridgehead atoms. The molecule has 3 aromatic rings. The van der Waals surface area contributed by atoms with Crippen molar-refractivity contribution in [1.29, 1.82) is 0 Å². The number of rotatable bonds is 3. The zero-order valence-corrected chi connectivity index (χ0v) is 10.8. The number of carbonyl (C=O) groups is 1. The van der Waals surface area contributed by atoms with Crippen molar-refractivity contribution in [2.75, 3.05) is 5.32 Å². The van der Waals surface area contributed by atoms with Gasteiger partial charge in [-0.25, -0.2) is 0 Å². The van der Waals surface area contributed by atoms with Crippen LogP contribution >= 0.6 is 11.3 Å². The molecule has 1 aromatic carbocycles. The van der Waals surface area contributed by atoms with E-state index >= 15 is 0 Å². The van der Waals surface area contributed by atoms with Gasteiger partial charge >= 0.3 is 0 Å². The van der Waals surface area contributed by atoms with E-state index < -0.39 is 0 Å². The molecule has 3 rings (SSSR count). The van der Waals surface area contributed by atoms with Crippen molar-refractivity contribution in [3.63, 3.8) is 0 Å². The molecule has 2 N–H and O–H groups in total. The molecular weight excluding hydrogens is 258 g/mol. The van der Waals surface area contributed by atoms with E-state index in [1.807, 2.05) is 47.8 Å². The first kappa shape index (κ1) is 11.7. The maximum Gasteiger partial charge on any atom is 0.266 e. The molecule has 0 saturated carbocycles.